The maximum atomic E-state index is 11.9. The summed E-state index contributed by atoms with van der Waals surface area (Å²) < 4.78 is 23.8. The molecule has 4 nitrogen and oxygen atoms in total. The molecule has 0 amide bonds. The monoisotopic (exact) mass is 216 g/mol. The molecule has 0 atom stereocenters. The number of carbonyl (C=O) groups is 1. The van der Waals surface area contributed by atoms with Crippen LogP contribution in [-0.2, 0) is 0 Å². The molecule has 0 aliphatic rings. The Bertz CT molecular complexity index is 369. The van der Waals surface area contributed by atoms with Gasteiger partial charge >= 0.3 is 5.97 Å². The number of halogens is 2. The Morgan fingerprint density at radius 1 is 1.53 bits per heavy atom. The van der Waals surface area contributed by atoms with Crippen LogP contribution < -0.4 is 11.1 Å². The fraction of sp³-hybridized carbons (Fsp3) is 0.222. The second-order valence-electron chi connectivity index (χ2n) is 2.84. The van der Waals surface area contributed by atoms with Gasteiger partial charge < -0.3 is 16.2 Å². The number of nitrogens with one attached hydrogen (secondary N) is 1. The molecule has 0 unspecified atom stereocenters. The molecule has 1 rings (SSSR count). The molecule has 0 aliphatic carbocycles. The van der Waals surface area contributed by atoms with Crippen molar-refractivity contribution >= 4 is 17.3 Å². The van der Waals surface area contributed by atoms with Gasteiger partial charge in [0.25, 0.3) is 6.43 Å². The molecule has 0 heterocycles. The molecule has 0 fully saturated rings. The third kappa shape index (κ3) is 2.80. The van der Waals surface area contributed by atoms with Gasteiger partial charge in [-0.05, 0) is 12.1 Å². The number of hydrogen-bond donors (Lipinski definition) is 3. The highest BCUT2D eigenvalue weighted by Crippen LogP contribution is 2.22. The van der Waals surface area contributed by atoms with E-state index in [0.717, 1.165) is 0 Å². The van der Waals surface area contributed by atoms with Crippen molar-refractivity contribution in [3.63, 3.8) is 0 Å². The lowest BCUT2D eigenvalue weighted by molar-refractivity contribution is 0.0698. The summed E-state index contributed by atoms with van der Waals surface area (Å²) in [5.74, 6) is -1.19. The third-order valence-electron chi connectivity index (χ3n) is 1.78. The Hall–Kier alpha value is -1.85. The summed E-state index contributed by atoms with van der Waals surface area (Å²) in [6.45, 7) is -0.562. The fourth-order valence-corrected chi connectivity index (χ4v) is 1.09. The van der Waals surface area contributed by atoms with Gasteiger partial charge in [0, 0.05) is 0 Å². The van der Waals surface area contributed by atoms with E-state index >= 15 is 0 Å². The van der Waals surface area contributed by atoms with Crippen molar-refractivity contribution in [3.05, 3.63) is 23.8 Å². The number of anilines is 2. The van der Waals surface area contributed by atoms with Crippen molar-refractivity contribution in [2.24, 2.45) is 0 Å². The van der Waals surface area contributed by atoms with Gasteiger partial charge in [-0.2, -0.15) is 0 Å². The van der Waals surface area contributed by atoms with Gasteiger partial charge in [0.15, 0.2) is 0 Å². The summed E-state index contributed by atoms with van der Waals surface area (Å²) in [4.78, 5) is 10.7. The summed E-state index contributed by atoms with van der Waals surface area (Å²) >= 11 is 0. The summed E-state index contributed by atoms with van der Waals surface area (Å²) in [6.07, 6.45) is -2.52. The van der Waals surface area contributed by atoms with Crippen molar-refractivity contribution in [1.82, 2.24) is 0 Å². The molecule has 0 aromatic heterocycles. The highest BCUT2D eigenvalue weighted by molar-refractivity contribution is 5.97. The predicted molar refractivity (Wildman–Crippen MR) is 52.3 cm³/mol. The van der Waals surface area contributed by atoms with Crippen LogP contribution in [0, 0.1) is 0 Å². The van der Waals surface area contributed by atoms with Crippen LogP contribution >= 0.6 is 0 Å². The van der Waals surface area contributed by atoms with Crippen LogP contribution in [0.2, 0.25) is 0 Å². The first-order valence-electron chi connectivity index (χ1n) is 4.16. The second-order valence-corrected chi connectivity index (χ2v) is 2.84. The second kappa shape index (κ2) is 4.59. The molecule has 0 bridgehead atoms. The lowest BCUT2D eigenvalue weighted by atomic mass is 10.1. The maximum absolute atomic E-state index is 11.9. The maximum Gasteiger partial charge on any atom is 0.337 e. The van der Waals surface area contributed by atoms with E-state index < -0.39 is 18.9 Å². The smallest absolute Gasteiger partial charge is 0.337 e. The van der Waals surface area contributed by atoms with Crippen molar-refractivity contribution in [2.75, 3.05) is 17.6 Å². The SMILES string of the molecule is Nc1c(NCC(F)F)cccc1C(=O)O. The van der Waals surface area contributed by atoms with Crippen LogP contribution in [-0.4, -0.2) is 24.0 Å². The molecule has 1 aromatic rings. The van der Waals surface area contributed by atoms with E-state index in [1.165, 1.54) is 18.2 Å². The Morgan fingerprint density at radius 3 is 2.73 bits per heavy atom. The number of hydrogen-bond acceptors (Lipinski definition) is 3. The largest absolute Gasteiger partial charge is 0.478 e. The number of carboxylic acid groups (broad SMARTS) is 1. The van der Waals surface area contributed by atoms with Gasteiger partial charge in [0.1, 0.15) is 0 Å². The molecule has 0 aliphatic heterocycles. The number of rotatable bonds is 4. The first-order chi connectivity index (χ1) is 7.02. The van der Waals surface area contributed by atoms with Crippen LogP contribution in [0.1, 0.15) is 10.4 Å². The molecule has 0 spiro atoms. The summed E-state index contributed by atoms with van der Waals surface area (Å²) in [5, 5.41) is 11.1. The Balaban J connectivity index is 2.89. The highest BCUT2D eigenvalue weighted by atomic mass is 19.3. The molecular formula is C9H10F2N2O2. The summed E-state index contributed by atoms with van der Waals surface area (Å²) in [7, 11) is 0. The minimum atomic E-state index is -2.52. The number of aromatic carboxylic acids is 1. The minimum absolute atomic E-state index is 0.0364. The van der Waals surface area contributed by atoms with E-state index in [4.69, 9.17) is 10.8 Å². The van der Waals surface area contributed by atoms with Crippen molar-refractivity contribution < 1.29 is 18.7 Å². The van der Waals surface area contributed by atoms with E-state index in [0.29, 0.717) is 0 Å². The standard InChI is InChI=1S/C9H10F2N2O2/c10-7(11)4-13-6-3-1-2-5(8(6)12)9(14)15/h1-3,7,13H,4,12H2,(H,14,15). The van der Waals surface area contributed by atoms with Crippen LogP contribution in [0.15, 0.2) is 18.2 Å². The zero-order valence-electron chi connectivity index (χ0n) is 7.71. The fourth-order valence-electron chi connectivity index (χ4n) is 1.09. The van der Waals surface area contributed by atoms with Crippen LogP contribution in [0.25, 0.3) is 0 Å². The topological polar surface area (TPSA) is 75.3 Å². The zero-order valence-corrected chi connectivity index (χ0v) is 7.71. The molecule has 0 saturated heterocycles. The van der Waals surface area contributed by atoms with Gasteiger partial charge in [-0.3, -0.25) is 0 Å². The van der Waals surface area contributed by atoms with E-state index in [2.05, 4.69) is 5.32 Å². The summed E-state index contributed by atoms with van der Waals surface area (Å²) in [6, 6.07) is 4.20. The van der Waals surface area contributed by atoms with Crippen LogP contribution in [0.4, 0.5) is 20.2 Å². The quantitative estimate of drug-likeness (QED) is 0.669. The van der Waals surface area contributed by atoms with Crippen LogP contribution in [0.5, 0.6) is 0 Å². The van der Waals surface area contributed by atoms with Gasteiger partial charge in [-0.15, -0.1) is 0 Å². The molecule has 1 aromatic carbocycles. The lowest BCUT2D eigenvalue weighted by Crippen LogP contribution is -2.13. The molecule has 0 saturated carbocycles. The van der Waals surface area contributed by atoms with E-state index in [1.807, 2.05) is 0 Å². The number of nitrogens with two attached hydrogens (primary N) is 1. The van der Waals surface area contributed by atoms with Crippen LogP contribution in [0.3, 0.4) is 0 Å². The van der Waals surface area contributed by atoms with Gasteiger partial charge in [-0.1, -0.05) is 6.07 Å². The van der Waals surface area contributed by atoms with E-state index in [9.17, 15) is 13.6 Å². The van der Waals surface area contributed by atoms with Gasteiger partial charge in [-0.25, -0.2) is 13.6 Å². The highest BCUT2D eigenvalue weighted by Gasteiger charge is 2.11. The number of alkyl halides is 2. The first-order valence-corrected chi connectivity index (χ1v) is 4.16. The van der Waals surface area contributed by atoms with Crippen molar-refractivity contribution in [1.29, 1.82) is 0 Å². The Kier molecular flexibility index (Phi) is 3.43. The minimum Gasteiger partial charge on any atom is -0.478 e. The number of para-hydroxylation sites is 1. The molecule has 4 N–H and O–H groups in total. The number of benzene rings is 1. The number of nitrogen functional groups attached to an aromatic ring is 1. The Labute approximate surface area is 84.7 Å². The first kappa shape index (κ1) is 11.2. The molecule has 82 valence electrons. The normalized spacial score (nSPS) is 10.3. The zero-order chi connectivity index (χ0) is 11.4. The molecular weight excluding hydrogens is 206 g/mol. The average Bonchev–Trinajstić information content (AvgIpc) is 2.15. The molecule has 0 radical (unpaired) electrons. The predicted octanol–water partition coefficient (Wildman–Crippen LogP) is 1.64. The van der Waals surface area contributed by atoms with E-state index in [-0.39, 0.29) is 16.9 Å². The number of carboxylic acids is 1. The summed E-state index contributed by atoms with van der Waals surface area (Å²) in [5.41, 5.74) is 5.55. The van der Waals surface area contributed by atoms with E-state index in [1.54, 1.807) is 0 Å². The molecule has 15 heavy (non-hydrogen) atoms. The van der Waals surface area contributed by atoms with Gasteiger partial charge in [0.05, 0.1) is 23.5 Å². The van der Waals surface area contributed by atoms with Crippen molar-refractivity contribution in [2.45, 2.75) is 6.43 Å². The van der Waals surface area contributed by atoms with Crippen molar-refractivity contribution in [3.8, 4) is 0 Å². The lowest BCUT2D eigenvalue weighted by Gasteiger charge is -2.10. The van der Waals surface area contributed by atoms with Gasteiger partial charge in [0.2, 0.25) is 0 Å². The Morgan fingerprint density at radius 2 is 2.20 bits per heavy atom. The molecule has 6 heteroatoms. The average molecular weight is 216 g/mol. The third-order valence-corrected chi connectivity index (χ3v) is 1.78.